The summed E-state index contributed by atoms with van der Waals surface area (Å²) in [6.45, 7) is 6.67. The molecule has 3 rings (SSSR count). The number of sulfonamides is 1. The highest BCUT2D eigenvalue weighted by molar-refractivity contribution is 7.88. The first-order valence-corrected chi connectivity index (χ1v) is 10.2. The third-order valence-corrected chi connectivity index (χ3v) is 6.16. The molecule has 0 radical (unpaired) electrons. The van der Waals surface area contributed by atoms with E-state index in [4.69, 9.17) is 0 Å². The molecule has 0 bridgehead atoms. The number of aryl methyl sites for hydroxylation is 2. The fraction of sp³-hybridized carbons (Fsp3) is 0.474. The number of aromatic nitrogens is 1. The second-order valence-corrected chi connectivity index (χ2v) is 8.63. The summed E-state index contributed by atoms with van der Waals surface area (Å²) >= 11 is 0. The van der Waals surface area contributed by atoms with Gasteiger partial charge in [0.15, 0.2) is 0 Å². The lowest BCUT2D eigenvalue weighted by molar-refractivity contribution is 0.580. The molecule has 0 saturated heterocycles. The van der Waals surface area contributed by atoms with Crippen molar-refractivity contribution in [3.63, 3.8) is 0 Å². The van der Waals surface area contributed by atoms with Crippen LogP contribution in [0.3, 0.4) is 0 Å². The Morgan fingerprint density at radius 3 is 2.50 bits per heavy atom. The van der Waals surface area contributed by atoms with Gasteiger partial charge in [-0.05, 0) is 62.8 Å². The summed E-state index contributed by atoms with van der Waals surface area (Å²) in [5.74, 6) is 0.0424. The maximum Gasteiger partial charge on any atom is 0.215 e. The molecule has 2 aromatic rings. The molecule has 1 N–H and O–H groups in total. The van der Waals surface area contributed by atoms with Gasteiger partial charge in [0, 0.05) is 24.0 Å². The van der Waals surface area contributed by atoms with Crippen LogP contribution < -0.4 is 4.72 Å². The third-order valence-electron chi connectivity index (χ3n) is 4.82. The number of hydrogen-bond acceptors (Lipinski definition) is 2. The molecule has 1 aromatic carbocycles. The van der Waals surface area contributed by atoms with Crippen molar-refractivity contribution in [1.29, 1.82) is 0 Å². The molecule has 1 aliphatic rings. The summed E-state index contributed by atoms with van der Waals surface area (Å²) in [5.41, 5.74) is 5.69. The fourth-order valence-electron chi connectivity index (χ4n) is 3.36. The van der Waals surface area contributed by atoms with Crippen molar-refractivity contribution in [2.45, 2.75) is 51.8 Å². The molecule has 0 atom stereocenters. The molecular weight excluding hydrogens is 320 g/mol. The van der Waals surface area contributed by atoms with Crippen LogP contribution in [0, 0.1) is 20.8 Å². The summed E-state index contributed by atoms with van der Waals surface area (Å²) < 4.78 is 29.7. The van der Waals surface area contributed by atoms with Gasteiger partial charge in [0.05, 0.1) is 5.75 Å². The van der Waals surface area contributed by atoms with Crippen molar-refractivity contribution in [2.24, 2.45) is 0 Å². The van der Waals surface area contributed by atoms with Crippen LogP contribution in [0.4, 0.5) is 0 Å². The molecular formula is C19H26N2O2S. The van der Waals surface area contributed by atoms with E-state index in [2.05, 4.69) is 29.2 Å². The lowest BCUT2D eigenvalue weighted by Crippen LogP contribution is -2.27. The number of rotatable bonds is 7. The Kier molecular flexibility index (Phi) is 4.83. The molecule has 1 aromatic heterocycles. The van der Waals surface area contributed by atoms with E-state index in [1.807, 2.05) is 31.2 Å². The normalized spacial score (nSPS) is 15.0. The Balaban J connectivity index is 1.60. The first-order valence-electron chi connectivity index (χ1n) is 8.56. The molecule has 1 saturated carbocycles. The van der Waals surface area contributed by atoms with E-state index in [1.54, 1.807) is 0 Å². The predicted molar refractivity (Wildman–Crippen MR) is 97.7 cm³/mol. The van der Waals surface area contributed by atoms with Crippen molar-refractivity contribution < 1.29 is 8.42 Å². The smallest absolute Gasteiger partial charge is 0.215 e. The molecule has 5 heteroatoms. The highest BCUT2D eigenvalue weighted by atomic mass is 32.2. The molecule has 0 amide bonds. The largest absolute Gasteiger partial charge is 0.346 e. The monoisotopic (exact) mass is 346 g/mol. The van der Waals surface area contributed by atoms with Crippen LogP contribution in [0.5, 0.6) is 0 Å². The average molecular weight is 346 g/mol. The molecule has 1 heterocycles. The van der Waals surface area contributed by atoms with Gasteiger partial charge in [0.2, 0.25) is 10.0 Å². The van der Waals surface area contributed by atoms with E-state index >= 15 is 0 Å². The number of benzene rings is 1. The summed E-state index contributed by atoms with van der Waals surface area (Å²) in [7, 11) is -3.30. The van der Waals surface area contributed by atoms with Gasteiger partial charge < -0.3 is 4.57 Å². The van der Waals surface area contributed by atoms with Gasteiger partial charge in [-0.1, -0.05) is 24.3 Å². The number of nitrogens with one attached hydrogen (secondary N) is 1. The Hall–Kier alpha value is -1.59. The Morgan fingerprint density at radius 1 is 1.12 bits per heavy atom. The van der Waals surface area contributed by atoms with E-state index in [-0.39, 0.29) is 5.75 Å². The lowest BCUT2D eigenvalue weighted by atomic mass is 10.1. The zero-order valence-corrected chi connectivity index (χ0v) is 15.5. The van der Waals surface area contributed by atoms with Gasteiger partial charge in [0.1, 0.15) is 0 Å². The zero-order valence-electron chi connectivity index (χ0n) is 14.7. The molecule has 1 aliphatic carbocycles. The number of hydrogen-bond donors (Lipinski definition) is 1. The minimum atomic E-state index is -3.30. The number of nitrogens with zero attached hydrogens (tertiary/aromatic N) is 1. The van der Waals surface area contributed by atoms with Crippen LogP contribution in [0.1, 0.15) is 47.0 Å². The van der Waals surface area contributed by atoms with Crippen LogP contribution in [-0.4, -0.2) is 19.5 Å². The van der Waals surface area contributed by atoms with E-state index in [1.165, 1.54) is 29.8 Å². The van der Waals surface area contributed by atoms with Gasteiger partial charge in [-0.25, -0.2) is 13.1 Å². The minimum Gasteiger partial charge on any atom is -0.346 e. The van der Waals surface area contributed by atoms with Crippen LogP contribution in [0.2, 0.25) is 0 Å². The van der Waals surface area contributed by atoms with Crippen LogP contribution in [0.25, 0.3) is 0 Å². The molecule has 0 unspecified atom stereocenters. The van der Waals surface area contributed by atoms with Crippen molar-refractivity contribution in [3.8, 4) is 0 Å². The Labute approximate surface area is 144 Å². The molecule has 1 fully saturated rings. The Morgan fingerprint density at radius 2 is 1.83 bits per heavy atom. The minimum absolute atomic E-state index is 0.0424. The molecule has 24 heavy (non-hydrogen) atoms. The zero-order chi connectivity index (χ0) is 17.3. The standard InChI is InChI=1S/C19H26N2O2S/c1-14-6-4-5-7-18(14)13-24(22,23)20-11-10-17-12-15(2)21(16(17)3)19-8-9-19/h4-7,12,19-20H,8-11,13H2,1-3H3. The quantitative estimate of drug-likeness (QED) is 0.835. The van der Waals surface area contributed by atoms with Crippen molar-refractivity contribution in [3.05, 3.63) is 58.4 Å². The first-order chi connectivity index (χ1) is 11.4. The van der Waals surface area contributed by atoms with Gasteiger partial charge >= 0.3 is 0 Å². The molecule has 4 nitrogen and oxygen atoms in total. The highest BCUT2D eigenvalue weighted by Crippen LogP contribution is 2.38. The van der Waals surface area contributed by atoms with Gasteiger partial charge in [0.25, 0.3) is 0 Å². The second kappa shape index (κ2) is 6.73. The second-order valence-electron chi connectivity index (χ2n) is 6.83. The molecule has 130 valence electrons. The average Bonchev–Trinajstić information content (AvgIpc) is 3.29. The summed E-state index contributed by atoms with van der Waals surface area (Å²) in [4.78, 5) is 0. The van der Waals surface area contributed by atoms with E-state index in [0.29, 0.717) is 12.6 Å². The van der Waals surface area contributed by atoms with Crippen molar-refractivity contribution in [1.82, 2.24) is 9.29 Å². The van der Waals surface area contributed by atoms with Crippen molar-refractivity contribution >= 4 is 10.0 Å². The highest BCUT2D eigenvalue weighted by Gasteiger charge is 2.26. The van der Waals surface area contributed by atoms with Crippen LogP contribution in [0.15, 0.2) is 30.3 Å². The van der Waals surface area contributed by atoms with E-state index in [9.17, 15) is 8.42 Å². The predicted octanol–water partition coefficient (Wildman–Crippen LogP) is 3.41. The summed E-state index contributed by atoms with van der Waals surface area (Å²) in [6.07, 6.45) is 3.26. The fourth-order valence-corrected chi connectivity index (χ4v) is 4.61. The van der Waals surface area contributed by atoms with Gasteiger partial charge in [-0.2, -0.15) is 0 Å². The van der Waals surface area contributed by atoms with Gasteiger partial charge in [-0.3, -0.25) is 0 Å². The summed E-state index contributed by atoms with van der Waals surface area (Å²) in [6, 6.07) is 10.5. The summed E-state index contributed by atoms with van der Waals surface area (Å²) in [5, 5.41) is 0. The van der Waals surface area contributed by atoms with Gasteiger partial charge in [-0.15, -0.1) is 0 Å². The molecule has 0 spiro atoms. The topological polar surface area (TPSA) is 51.1 Å². The third kappa shape index (κ3) is 3.90. The van der Waals surface area contributed by atoms with Crippen LogP contribution in [-0.2, 0) is 22.2 Å². The van der Waals surface area contributed by atoms with Crippen LogP contribution >= 0.6 is 0 Å². The maximum atomic E-state index is 12.3. The van der Waals surface area contributed by atoms with E-state index < -0.39 is 10.0 Å². The molecule has 0 aliphatic heterocycles. The lowest BCUT2D eigenvalue weighted by Gasteiger charge is -2.10. The first kappa shape index (κ1) is 17.2. The SMILES string of the molecule is Cc1ccccc1CS(=O)(=O)NCCc1cc(C)n(C2CC2)c1C. The Bertz CT molecular complexity index is 833. The van der Waals surface area contributed by atoms with Crippen molar-refractivity contribution in [2.75, 3.05) is 6.54 Å². The maximum absolute atomic E-state index is 12.3. The van der Waals surface area contributed by atoms with E-state index in [0.717, 1.165) is 17.5 Å².